The molecule has 0 heterocycles. The Hall–Kier alpha value is -1.22. The summed E-state index contributed by atoms with van der Waals surface area (Å²) in [5, 5.41) is 7.14. The van der Waals surface area contributed by atoms with Crippen molar-refractivity contribution in [1.82, 2.24) is 0 Å². The van der Waals surface area contributed by atoms with Crippen LogP contribution in [-0.2, 0) is 0 Å². The largest absolute Gasteiger partial charge is 0.494 e. The summed E-state index contributed by atoms with van der Waals surface area (Å²) < 4.78 is 5.23. The number of nitrogen functional groups attached to an aromatic ring is 1. The summed E-state index contributed by atoms with van der Waals surface area (Å²) in [7, 11) is 0. The molecular formula is C9H13ClN2O. The number of hydrogen-bond acceptors (Lipinski definition) is 2. The lowest BCUT2D eigenvalue weighted by Crippen LogP contribution is -2.10. The van der Waals surface area contributed by atoms with Crippen LogP contribution in [0.15, 0.2) is 24.3 Å². The Bertz CT molecular complexity index is 271. The molecule has 0 fully saturated rings. The number of nitrogens with two attached hydrogens (primary N) is 1. The monoisotopic (exact) mass is 200 g/mol. The zero-order chi connectivity index (χ0) is 8.97. The molecule has 1 aromatic rings. The molecule has 0 aromatic heterocycles. The lowest BCUT2D eigenvalue weighted by Gasteiger charge is -2.03. The van der Waals surface area contributed by atoms with Gasteiger partial charge >= 0.3 is 0 Å². The Kier molecular flexibility index (Phi) is 4.92. The molecule has 0 spiro atoms. The molecule has 0 saturated carbocycles. The summed E-state index contributed by atoms with van der Waals surface area (Å²) in [6.07, 6.45) is 0. The molecule has 4 heteroatoms. The number of benzene rings is 1. The van der Waals surface area contributed by atoms with Gasteiger partial charge in [0.1, 0.15) is 11.6 Å². The van der Waals surface area contributed by atoms with E-state index in [0.29, 0.717) is 6.61 Å². The molecule has 3 N–H and O–H groups in total. The third kappa shape index (κ3) is 3.34. The predicted molar refractivity (Wildman–Crippen MR) is 55.9 cm³/mol. The van der Waals surface area contributed by atoms with E-state index < -0.39 is 0 Å². The summed E-state index contributed by atoms with van der Waals surface area (Å²) >= 11 is 0. The van der Waals surface area contributed by atoms with Gasteiger partial charge in [0.25, 0.3) is 0 Å². The van der Waals surface area contributed by atoms with E-state index >= 15 is 0 Å². The van der Waals surface area contributed by atoms with Gasteiger partial charge in [-0.25, -0.2) is 0 Å². The van der Waals surface area contributed by atoms with Crippen LogP contribution in [0.4, 0.5) is 0 Å². The van der Waals surface area contributed by atoms with E-state index in [1.54, 1.807) is 24.3 Å². The minimum absolute atomic E-state index is 0. The number of halogens is 1. The van der Waals surface area contributed by atoms with Gasteiger partial charge in [0.15, 0.2) is 0 Å². The second-order valence-corrected chi connectivity index (χ2v) is 2.37. The number of hydrogen-bond donors (Lipinski definition) is 2. The Balaban J connectivity index is 0.00000144. The third-order valence-electron chi connectivity index (χ3n) is 1.48. The highest BCUT2D eigenvalue weighted by Gasteiger charge is 1.95. The molecule has 0 aliphatic carbocycles. The van der Waals surface area contributed by atoms with Crippen molar-refractivity contribution in [3.8, 4) is 5.75 Å². The van der Waals surface area contributed by atoms with Crippen LogP contribution in [0.2, 0.25) is 0 Å². The molecule has 1 rings (SSSR count). The molecule has 0 aliphatic heterocycles. The molecule has 0 aliphatic rings. The van der Waals surface area contributed by atoms with E-state index in [1.165, 1.54) is 0 Å². The fourth-order valence-corrected chi connectivity index (χ4v) is 0.897. The maximum atomic E-state index is 7.14. The number of amidine groups is 1. The molecule has 0 atom stereocenters. The van der Waals surface area contributed by atoms with E-state index in [0.717, 1.165) is 11.3 Å². The first kappa shape index (κ1) is 11.8. The highest BCUT2D eigenvalue weighted by atomic mass is 35.5. The summed E-state index contributed by atoms with van der Waals surface area (Å²) in [4.78, 5) is 0. The standard InChI is InChI=1S/C9H12N2O.ClH/c1-2-12-8-5-3-7(4-6-8)9(10)11;/h3-6H,2H2,1H3,(H3,10,11);1H. The van der Waals surface area contributed by atoms with Gasteiger partial charge in [-0.3, -0.25) is 5.41 Å². The molecule has 0 radical (unpaired) electrons. The van der Waals surface area contributed by atoms with Crippen LogP contribution in [0.3, 0.4) is 0 Å². The van der Waals surface area contributed by atoms with Crippen molar-refractivity contribution in [3.63, 3.8) is 0 Å². The van der Waals surface area contributed by atoms with E-state index in [9.17, 15) is 0 Å². The lowest BCUT2D eigenvalue weighted by atomic mass is 10.2. The Morgan fingerprint density at radius 1 is 1.38 bits per heavy atom. The van der Waals surface area contributed by atoms with Crippen LogP contribution in [0.5, 0.6) is 5.75 Å². The summed E-state index contributed by atoms with van der Waals surface area (Å²) in [6, 6.07) is 7.15. The van der Waals surface area contributed by atoms with E-state index in [2.05, 4.69) is 0 Å². The van der Waals surface area contributed by atoms with Crippen LogP contribution in [0, 0.1) is 5.41 Å². The zero-order valence-corrected chi connectivity index (χ0v) is 8.23. The van der Waals surface area contributed by atoms with Crippen molar-refractivity contribution in [2.24, 2.45) is 5.73 Å². The average molecular weight is 201 g/mol. The topological polar surface area (TPSA) is 59.1 Å². The molecule has 0 unspecified atom stereocenters. The van der Waals surface area contributed by atoms with Crippen LogP contribution >= 0.6 is 12.4 Å². The average Bonchev–Trinajstić information content (AvgIpc) is 2.06. The summed E-state index contributed by atoms with van der Waals surface area (Å²) in [5.74, 6) is 0.889. The molecule has 1 aromatic carbocycles. The van der Waals surface area contributed by atoms with Gasteiger partial charge in [-0.1, -0.05) is 0 Å². The van der Waals surface area contributed by atoms with Crippen LogP contribution in [-0.4, -0.2) is 12.4 Å². The van der Waals surface area contributed by atoms with Crippen molar-refractivity contribution in [1.29, 1.82) is 5.41 Å². The second kappa shape index (κ2) is 5.43. The first-order valence-corrected chi connectivity index (χ1v) is 3.81. The third-order valence-corrected chi connectivity index (χ3v) is 1.48. The summed E-state index contributed by atoms with van der Waals surface area (Å²) in [6.45, 7) is 2.58. The first-order valence-electron chi connectivity index (χ1n) is 3.81. The minimum atomic E-state index is 0. The summed E-state index contributed by atoms with van der Waals surface area (Å²) in [5.41, 5.74) is 6.00. The predicted octanol–water partition coefficient (Wildman–Crippen LogP) is 1.79. The highest BCUT2D eigenvalue weighted by molar-refractivity contribution is 5.94. The van der Waals surface area contributed by atoms with Crippen LogP contribution < -0.4 is 10.5 Å². The van der Waals surface area contributed by atoms with Gasteiger partial charge in [0.05, 0.1) is 6.61 Å². The Morgan fingerprint density at radius 2 is 1.92 bits per heavy atom. The van der Waals surface area contributed by atoms with Crippen LogP contribution in [0.25, 0.3) is 0 Å². The molecular weight excluding hydrogens is 188 g/mol. The maximum absolute atomic E-state index is 7.14. The van der Waals surface area contributed by atoms with E-state index in [4.69, 9.17) is 15.9 Å². The SMILES string of the molecule is CCOc1ccc(C(=N)N)cc1.Cl. The van der Waals surface area contributed by atoms with Crippen LogP contribution in [0.1, 0.15) is 12.5 Å². The van der Waals surface area contributed by atoms with E-state index in [1.807, 2.05) is 6.92 Å². The molecule has 0 saturated heterocycles. The van der Waals surface area contributed by atoms with Crippen molar-refractivity contribution in [3.05, 3.63) is 29.8 Å². The normalized spacial score (nSPS) is 8.69. The highest BCUT2D eigenvalue weighted by Crippen LogP contribution is 2.11. The quantitative estimate of drug-likeness (QED) is 0.577. The molecule has 13 heavy (non-hydrogen) atoms. The molecule has 0 bridgehead atoms. The number of nitrogens with one attached hydrogen (secondary N) is 1. The van der Waals surface area contributed by atoms with E-state index in [-0.39, 0.29) is 18.2 Å². The molecule has 3 nitrogen and oxygen atoms in total. The number of rotatable bonds is 3. The smallest absolute Gasteiger partial charge is 0.122 e. The van der Waals surface area contributed by atoms with Gasteiger partial charge in [-0.15, -0.1) is 12.4 Å². The van der Waals surface area contributed by atoms with Gasteiger partial charge in [0, 0.05) is 5.56 Å². The molecule has 72 valence electrons. The Labute approximate surface area is 83.8 Å². The van der Waals surface area contributed by atoms with Crippen molar-refractivity contribution >= 4 is 18.2 Å². The van der Waals surface area contributed by atoms with Gasteiger partial charge in [-0.2, -0.15) is 0 Å². The molecule has 0 amide bonds. The van der Waals surface area contributed by atoms with Crippen molar-refractivity contribution in [2.75, 3.05) is 6.61 Å². The first-order chi connectivity index (χ1) is 5.74. The lowest BCUT2D eigenvalue weighted by molar-refractivity contribution is 0.340. The van der Waals surface area contributed by atoms with Crippen molar-refractivity contribution < 1.29 is 4.74 Å². The van der Waals surface area contributed by atoms with Gasteiger partial charge < -0.3 is 10.5 Å². The fraction of sp³-hybridized carbons (Fsp3) is 0.222. The van der Waals surface area contributed by atoms with Crippen molar-refractivity contribution in [2.45, 2.75) is 6.92 Å². The maximum Gasteiger partial charge on any atom is 0.122 e. The zero-order valence-electron chi connectivity index (χ0n) is 7.41. The van der Waals surface area contributed by atoms with Gasteiger partial charge in [-0.05, 0) is 31.2 Å². The second-order valence-electron chi connectivity index (χ2n) is 2.37. The Morgan fingerprint density at radius 3 is 2.31 bits per heavy atom. The minimum Gasteiger partial charge on any atom is -0.494 e. The number of ether oxygens (including phenoxy) is 1. The van der Waals surface area contributed by atoms with Gasteiger partial charge in [0.2, 0.25) is 0 Å². The fourth-order valence-electron chi connectivity index (χ4n) is 0.897.